The van der Waals surface area contributed by atoms with Crippen LogP contribution in [-0.2, 0) is 14.8 Å². The molecule has 0 atom stereocenters. The van der Waals surface area contributed by atoms with Gasteiger partial charge in [-0.2, -0.15) is 0 Å². The maximum atomic E-state index is 12.1. The minimum absolute atomic E-state index is 0.281. The van der Waals surface area contributed by atoms with E-state index in [0.717, 1.165) is 10.6 Å². The number of anilines is 1. The Hall–Kier alpha value is -2.00. The SMILES string of the molecule is COc1ccc(N(CC(=O)NCCN(C)C)S(C)(=O)=O)c(OC)c1. The highest BCUT2D eigenvalue weighted by atomic mass is 32.2. The van der Waals surface area contributed by atoms with Crippen LogP contribution >= 0.6 is 0 Å². The molecule has 0 saturated carbocycles. The van der Waals surface area contributed by atoms with Crippen LogP contribution in [-0.4, -0.2) is 73.4 Å². The standard InChI is InChI=1S/C15H25N3O5S/c1-17(2)9-8-16-15(19)11-18(24(5,20)21)13-7-6-12(22-3)10-14(13)23-4/h6-7,10H,8-9,11H2,1-5H3,(H,16,19). The summed E-state index contributed by atoms with van der Waals surface area (Å²) in [6.45, 7) is 0.772. The molecule has 0 aliphatic heterocycles. The van der Waals surface area contributed by atoms with E-state index in [0.29, 0.717) is 24.6 Å². The summed E-state index contributed by atoms with van der Waals surface area (Å²) in [4.78, 5) is 14.0. The lowest BCUT2D eigenvalue weighted by atomic mass is 10.2. The van der Waals surface area contributed by atoms with Crippen molar-refractivity contribution < 1.29 is 22.7 Å². The molecule has 0 fully saturated rings. The van der Waals surface area contributed by atoms with Crippen LogP contribution in [0.2, 0.25) is 0 Å². The Labute approximate surface area is 143 Å². The predicted octanol–water partition coefficient (Wildman–Crippen LogP) is 0.148. The normalized spacial score (nSPS) is 11.2. The van der Waals surface area contributed by atoms with Crippen molar-refractivity contribution in [2.24, 2.45) is 0 Å². The molecule has 1 N–H and O–H groups in total. The zero-order chi connectivity index (χ0) is 18.3. The first-order chi connectivity index (χ1) is 11.2. The molecular weight excluding hydrogens is 334 g/mol. The first-order valence-electron chi connectivity index (χ1n) is 7.30. The number of amides is 1. The van der Waals surface area contributed by atoms with Gasteiger partial charge in [-0.3, -0.25) is 9.10 Å². The summed E-state index contributed by atoms with van der Waals surface area (Å²) in [6, 6.07) is 4.73. The van der Waals surface area contributed by atoms with Gasteiger partial charge in [0.25, 0.3) is 0 Å². The van der Waals surface area contributed by atoms with Gasteiger partial charge in [0.1, 0.15) is 18.0 Å². The lowest BCUT2D eigenvalue weighted by Crippen LogP contribution is -2.42. The maximum absolute atomic E-state index is 12.1. The minimum atomic E-state index is -3.67. The molecule has 0 bridgehead atoms. The topological polar surface area (TPSA) is 88.2 Å². The fraction of sp³-hybridized carbons (Fsp3) is 0.533. The van der Waals surface area contributed by atoms with E-state index in [9.17, 15) is 13.2 Å². The third kappa shape index (κ3) is 5.89. The number of likely N-dealkylation sites (N-methyl/N-ethyl adjacent to an activating group) is 1. The minimum Gasteiger partial charge on any atom is -0.497 e. The smallest absolute Gasteiger partial charge is 0.240 e. The highest BCUT2D eigenvalue weighted by Gasteiger charge is 2.24. The predicted molar refractivity (Wildman–Crippen MR) is 93.3 cm³/mol. The zero-order valence-corrected chi connectivity index (χ0v) is 15.5. The van der Waals surface area contributed by atoms with Crippen LogP contribution in [0.5, 0.6) is 11.5 Å². The number of hydrogen-bond donors (Lipinski definition) is 1. The summed E-state index contributed by atoms with van der Waals surface area (Å²) >= 11 is 0. The molecule has 0 saturated heterocycles. The lowest BCUT2D eigenvalue weighted by Gasteiger charge is -2.24. The summed E-state index contributed by atoms with van der Waals surface area (Å²) in [6.07, 6.45) is 1.05. The number of methoxy groups -OCH3 is 2. The molecule has 9 heteroatoms. The number of ether oxygens (including phenoxy) is 2. The number of nitrogens with one attached hydrogen (secondary N) is 1. The molecule has 8 nitrogen and oxygen atoms in total. The van der Waals surface area contributed by atoms with Gasteiger partial charge in [-0.15, -0.1) is 0 Å². The number of carbonyl (C=O) groups excluding carboxylic acids is 1. The molecule has 0 aromatic heterocycles. The Kier molecular flexibility index (Phi) is 7.30. The van der Waals surface area contributed by atoms with Crippen LogP contribution in [0, 0.1) is 0 Å². The summed E-state index contributed by atoms with van der Waals surface area (Å²) in [7, 11) is 3.03. The maximum Gasteiger partial charge on any atom is 0.240 e. The quantitative estimate of drug-likeness (QED) is 0.675. The molecule has 1 aromatic carbocycles. The van der Waals surface area contributed by atoms with E-state index in [4.69, 9.17) is 9.47 Å². The van der Waals surface area contributed by atoms with Crippen molar-refractivity contribution in [1.29, 1.82) is 0 Å². The highest BCUT2D eigenvalue weighted by molar-refractivity contribution is 7.92. The molecule has 136 valence electrons. The number of hydrogen-bond acceptors (Lipinski definition) is 6. The Morgan fingerprint density at radius 1 is 1.21 bits per heavy atom. The second-order valence-electron chi connectivity index (χ2n) is 5.46. The van der Waals surface area contributed by atoms with Crippen molar-refractivity contribution in [3.05, 3.63) is 18.2 Å². The molecule has 0 radical (unpaired) electrons. The Morgan fingerprint density at radius 2 is 1.88 bits per heavy atom. The third-order valence-corrected chi connectivity index (χ3v) is 4.35. The van der Waals surface area contributed by atoms with E-state index in [1.807, 2.05) is 19.0 Å². The van der Waals surface area contributed by atoms with Crippen LogP contribution in [0.15, 0.2) is 18.2 Å². The van der Waals surface area contributed by atoms with Crippen LogP contribution in [0.25, 0.3) is 0 Å². The van der Waals surface area contributed by atoms with E-state index in [2.05, 4.69) is 5.32 Å². The molecule has 24 heavy (non-hydrogen) atoms. The fourth-order valence-corrected chi connectivity index (χ4v) is 2.84. The molecule has 0 unspecified atom stereocenters. The number of nitrogens with zero attached hydrogens (tertiary/aromatic N) is 2. The Bertz CT molecular complexity index is 661. The summed E-state index contributed by atoms with van der Waals surface area (Å²) in [5.41, 5.74) is 0.281. The van der Waals surface area contributed by atoms with Gasteiger partial charge in [0.05, 0.1) is 26.2 Å². The van der Waals surface area contributed by atoms with Gasteiger partial charge >= 0.3 is 0 Å². The van der Waals surface area contributed by atoms with Crippen LogP contribution in [0.1, 0.15) is 0 Å². The van der Waals surface area contributed by atoms with Crippen molar-refractivity contribution >= 4 is 21.6 Å². The second-order valence-corrected chi connectivity index (χ2v) is 7.37. The van der Waals surface area contributed by atoms with E-state index in [1.165, 1.54) is 14.2 Å². The Balaban J connectivity index is 3.01. The average molecular weight is 359 g/mol. The van der Waals surface area contributed by atoms with Gasteiger partial charge in [-0.1, -0.05) is 0 Å². The fourth-order valence-electron chi connectivity index (χ4n) is 1.98. The molecule has 0 spiro atoms. The largest absolute Gasteiger partial charge is 0.497 e. The van der Waals surface area contributed by atoms with E-state index < -0.39 is 10.0 Å². The van der Waals surface area contributed by atoms with Crippen LogP contribution < -0.4 is 19.1 Å². The third-order valence-electron chi connectivity index (χ3n) is 3.22. The van der Waals surface area contributed by atoms with Crippen molar-refractivity contribution in [3.8, 4) is 11.5 Å². The van der Waals surface area contributed by atoms with Gasteiger partial charge in [0.15, 0.2) is 0 Å². The first-order valence-corrected chi connectivity index (χ1v) is 9.15. The zero-order valence-electron chi connectivity index (χ0n) is 14.7. The number of rotatable bonds is 9. The van der Waals surface area contributed by atoms with Gasteiger partial charge in [0.2, 0.25) is 15.9 Å². The van der Waals surface area contributed by atoms with Crippen molar-refractivity contribution in [1.82, 2.24) is 10.2 Å². The van der Waals surface area contributed by atoms with Gasteiger partial charge in [0, 0.05) is 19.2 Å². The molecule has 1 rings (SSSR count). The average Bonchev–Trinajstić information content (AvgIpc) is 2.50. The van der Waals surface area contributed by atoms with Gasteiger partial charge < -0.3 is 19.7 Å². The van der Waals surface area contributed by atoms with Gasteiger partial charge in [-0.25, -0.2) is 8.42 Å². The lowest BCUT2D eigenvalue weighted by molar-refractivity contribution is -0.119. The summed E-state index contributed by atoms with van der Waals surface area (Å²) < 4.78 is 35.6. The molecule has 1 amide bonds. The van der Waals surface area contributed by atoms with Crippen molar-refractivity contribution in [3.63, 3.8) is 0 Å². The molecule has 0 aliphatic carbocycles. The second kappa shape index (κ2) is 8.74. The van der Waals surface area contributed by atoms with E-state index in [1.54, 1.807) is 18.2 Å². The number of sulfonamides is 1. The highest BCUT2D eigenvalue weighted by Crippen LogP contribution is 2.33. The molecular formula is C15H25N3O5S. The van der Waals surface area contributed by atoms with Crippen molar-refractivity contribution in [2.45, 2.75) is 0 Å². The first kappa shape index (κ1) is 20.0. The number of carbonyl (C=O) groups is 1. The van der Waals surface area contributed by atoms with Crippen molar-refractivity contribution in [2.75, 3.05) is 58.5 Å². The summed E-state index contributed by atoms with van der Waals surface area (Å²) in [5.74, 6) is 0.445. The summed E-state index contributed by atoms with van der Waals surface area (Å²) in [5, 5.41) is 2.69. The van der Waals surface area contributed by atoms with Crippen LogP contribution in [0.3, 0.4) is 0 Å². The van der Waals surface area contributed by atoms with E-state index >= 15 is 0 Å². The monoisotopic (exact) mass is 359 g/mol. The molecule has 1 aromatic rings. The Morgan fingerprint density at radius 3 is 2.38 bits per heavy atom. The van der Waals surface area contributed by atoms with Crippen LogP contribution in [0.4, 0.5) is 5.69 Å². The molecule has 0 heterocycles. The molecule has 0 aliphatic rings. The van der Waals surface area contributed by atoms with E-state index in [-0.39, 0.29) is 18.1 Å². The number of benzene rings is 1. The van der Waals surface area contributed by atoms with Gasteiger partial charge in [-0.05, 0) is 26.2 Å².